The van der Waals surface area contributed by atoms with Crippen LogP contribution in [0.2, 0.25) is 0 Å². The molecule has 0 bridgehead atoms. The molecular formula is C19H15FN4O4. The summed E-state index contributed by atoms with van der Waals surface area (Å²) >= 11 is 0. The van der Waals surface area contributed by atoms with Gasteiger partial charge in [0.05, 0.1) is 11.6 Å². The van der Waals surface area contributed by atoms with Crippen LogP contribution in [0.15, 0.2) is 24.5 Å². The molecule has 9 heteroatoms. The van der Waals surface area contributed by atoms with Crippen LogP contribution < -0.4 is 9.47 Å². The molecule has 1 aliphatic heterocycles. The van der Waals surface area contributed by atoms with E-state index in [4.69, 9.17) is 26.3 Å². The minimum absolute atomic E-state index is 0.0564. The summed E-state index contributed by atoms with van der Waals surface area (Å²) in [6.45, 7) is 0.687. The van der Waals surface area contributed by atoms with Gasteiger partial charge in [0, 0.05) is 25.9 Å². The summed E-state index contributed by atoms with van der Waals surface area (Å²) in [7, 11) is 0. The van der Waals surface area contributed by atoms with E-state index in [1.165, 1.54) is 23.4 Å². The number of rotatable bonds is 4. The lowest BCUT2D eigenvalue weighted by Crippen LogP contribution is -2.41. The van der Waals surface area contributed by atoms with Crippen molar-refractivity contribution in [1.82, 2.24) is 14.9 Å². The Morgan fingerprint density at radius 1 is 1.32 bits per heavy atom. The lowest BCUT2D eigenvalue weighted by molar-refractivity contribution is 0.0867. The molecular weight excluding hydrogens is 367 g/mol. The van der Waals surface area contributed by atoms with E-state index in [9.17, 15) is 9.18 Å². The molecule has 0 atom stereocenters. The number of nitrogens with zero attached hydrogens (tertiary/aromatic N) is 4. The Morgan fingerprint density at radius 2 is 2.04 bits per heavy atom. The van der Waals surface area contributed by atoms with Gasteiger partial charge in [0.2, 0.25) is 11.8 Å². The summed E-state index contributed by atoms with van der Waals surface area (Å²) in [6.07, 6.45) is 6.46. The van der Waals surface area contributed by atoms with Crippen molar-refractivity contribution in [3.63, 3.8) is 0 Å². The maximum atomic E-state index is 14.1. The maximum Gasteiger partial charge on any atom is 0.407 e. The van der Waals surface area contributed by atoms with E-state index < -0.39 is 11.9 Å². The first-order valence-corrected chi connectivity index (χ1v) is 8.35. The smallest absolute Gasteiger partial charge is 0.407 e. The van der Waals surface area contributed by atoms with Gasteiger partial charge < -0.3 is 19.5 Å². The van der Waals surface area contributed by atoms with Gasteiger partial charge >= 0.3 is 6.09 Å². The monoisotopic (exact) mass is 382 g/mol. The Bertz CT molecular complexity index is 975. The van der Waals surface area contributed by atoms with Crippen LogP contribution in [0.3, 0.4) is 0 Å². The van der Waals surface area contributed by atoms with Crippen LogP contribution in [0, 0.1) is 29.5 Å². The Labute approximate surface area is 160 Å². The second-order valence-corrected chi connectivity index (χ2v) is 5.95. The number of carboxylic acid groups (broad SMARTS) is 1. The van der Waals surface area contributed by atoms with Crippen LogP contribution >= 0.6 is 0 Å². The number of ether oxygens (including phenoxy) is 2. The number of hydrogen-bond acceptors (Lipinski definition) is 6. The van der Waals surface area contributed by atoms with E-state index in [2.05, 4.69) is 15.9 Å². The summed E-state index contributed by atoms with van der Waals surface area (Å²) in [6, 6.07) is 5.58. The highest BCUT2D eigenvalue weighted by molar-refractivity contribution is 5.65. The zero-order valence-electron chi connectivity index (χ0n) is 14.6. The van der Waals surface area contributed by atoms with Gasteiger partial charge in [0.1, 0.15) is 18.0 Å². The Morgan fingerprint density at radius 3 is 2.64 bits per heavy atom. The molecule has 0 unspecified atom stereocenters. The van der Waals surface area contributed by atoms with Crippen molar-refractivity contribution < 1.29 is 23.8 Å². The predicted octanol–water partition coefficient (Wildman–Crippen LogP) is 2.78. The second kappa shape index (κ2) is 8.23. The molecule has 1 N–H and O–H groups in total. The number of piperidine rings is 1. The van der Waals surface area contributed by atoms with Gasteiger partial charge in [-0.3, -0.25) is 0 Å². The third-order valence-electron chi connectivity index (χ3n) is 4.18. The van der Waals surface area contributed by atoms with E-state index in [-0.39, 0.29) is 34.7 Å². The van der Waals surface area contributed by atoms with Crippen LogP contribution in [-0.2, 0) is 0 Å². The highest BCUT2D eigenvalue weighted by Gasteiger charge is 2.25. The van der Waals surface area contributed by atoms with Crippen molar-refractivity contribution in [2.24, 2.45) is 0 Å². The number of aromatic nitrogens is 2. The first-order valence-electron chi connectivity index (χ1n) is 8.35. The minimum atomic E-state index is -0.968. The van der Waals surface area contributed by atoms with E-state index in [1.807, 2.05) is 6.07 Å². The fraction of sp³-hybridized carbons (Fsp3) is 0.263. The number of benzene rings is 1. The normalized spacial score (nSPS) is 14.0. The molecule has 8 nitrogen and oxygen atoms in total. The first-order chi connectivity index (χ1) is 13.5. The SMILES string of the molecule is C#Cc1c(Oc2ccc(C#N)cc2F)ncnc1OC1CCN(C(=O)O)CC1. The van der Waals surface area contributed by atoms with E-state index in [1.54, 1.807) is 0 Å². The fourth-order valence-electron chi connectivity index (χ4n) is 2.72. The van der Waals surface area contributed by atoms with E-state index >= 15 is 0 Å². The average molecular weight is 382 g/mol. The molecule has 1 aromatic heterocycles. The summed E-state index contributed by atoms with van der Waals surface area (Å²) in [5, 5.41) is 17.8. The summed E-state index contributed by atoms with van der Waals surface area (Å²) in [4.78, 5) is 20.3. The lowest BCUT2D eigenvalue weighted by Gasteiger charge is -2.30. The van der Waals surface area contributed by atoms with Crippen molar-refractivity contribution in [1.29, 1.82) is 5.26 Å². The molecule has 1 aromatic carbocycles. The number of likely N-dealkylation sites (tertiary alicyclic amines) is 1. The predicted molar refractivity (Wildman–Crippen MR) is 94.4 cm³/mol. The standard InChI is InChI=1S/C19H15FN4O4/c1-2-14-17(27-13-5-7-24(8-6-13)19(25)26)22-11-23-18(14)28-16-4-3-12(10-21)9-15(16)20/h1,3-4,9,11,13H,5-8H2,(H,25,26). The van der Waals surface area contributed by atoms with Gasteiger partial charge in [-0.25, -0.2) is 19.2 Å². The Kier molecular flexibility index (Phi) is 5.56. The molecule has 2 aromatic rings. The van der Waals surface area contributed by atoms with Crippen LogP contribution in [-0.4, -0.2) is 45.3 Å². The third kappa shape index (κ3) is 4.10. The lowest BCUT2D eigenvalue weighted by atomic mass is 10.1. The van der Waals surface area contributed by atoms with E-state index in [0.717, 1.165) is 6.07 Å². The van der Waals surface area contributed by atoms with E-state index in [0.29, 0.717) is 25.9 Å². The summed E-state index contributed by atoms with van der Waals surface area (Å²) in [5.74, 6) is 1.56. The number of halogens is 1. The summed E-state index contributed by atoms with van der Waals surface area (Å²) in [5.41, 5.74) is 0.272. The van der Waals surface area contributed by atoms with Gasteiger partial charge in [-0.05, 0) is 18.2 Å². The average Bonchev–Trinajstić information content (AvgIpc) is 2.70. The number of carbonyl (C=O) groups is 1. The molecule has 142 valence electrons. The molecule has 0 aliphatic carbocycles. The molecule has 28 heavy (non-hydrogen) atoms. The zero-order chi connectivity index (χ0) is 20.1. The van der Waals surface area contributed by atoms with Crippen LogP contribution in [0.5, 0.6) is 17.5 Å². The largest absolute Gasteiger partial charge is 0.473 e. The molecule has 3 rings (SSSR count). The Hall–Kier alpha value is -3.85. The molecule has 1 fully saturated rings. The quantitative estimate of drug-likeness (QED) is 0.810. The van der Waals surface area contributed by atoms with Crippen molar-refractivity contribution in [3.05, 3.63) is 41.5 Å². The maximum absolute atomic E-state index is 14.1. The van der Waals surface area contributed by atoms with Gasteiger partial charge in [-0.15, -0.1) is 6.42 Å². The zero-order valence-corrected chi connectivity index (χ0v) is 14.6. The van der Waals surface area contributed by atoms with Crippen molar-refractivity contribution in [3.8, 4) is 35.9 Å². The van der Waals surface area contributed by atoms with Crippen LogP contribution in [0.25, 0.3) is 0 Å². The van der Waals surface area contributed by atoms with Gasteiger partial charge in [-0.2, -0.15) is 5.26 Å². The van der Waals surface area contributed by atoms with Gasteiger partial charge in [0.25, 0.3) is 0 Å². The second-order valence-electron chi connectivity index (χ2n) is 5.95. The Balaban J connectivity index is 1.77. The van der Waals surface area contributed by atoms with Crippen molar-refractivity contribution >= 4 is 6.09 Å². The number of hydrogen-bond donors (Lipinski definition) is 1. The first kappa shape index (κ1) is 18.9. The highest BCUT2D eigenvalue weighted by atomic mass is 19.1. The van der Waals surface area contributed by atoms with Crippen molar-refractivity contribution in [2.45, 2.75) is 18.9 Å². The molecule has 0 radical (unpaired) electrons. The third-order valence-corrected chi connectivity index (χ3v) is 4.18. The molecule has 1 saturated heterocycles. The molecule has 0 spiro atoms. The fourth-order valence-corrected chi connectivity index (χ4v) is 2.72. The molecule has 1 amide bonds. The molecule has 1 aliphatic rings. The van der Waals surface area contributed by atoms with Gasteiger partial charge in [0.15, 0.2) is 11.6 Å². The molecule has 2 heterocycles. The number of nitriles is 1. The number of terminal acetylenes is 1. The topological polar surface area (TPSA) is 109 Å². The molecule has 0 saturated carbocycles. The van der Waals surface area contributed by atoms with Crippen LogP contribution in [0.4, 0.5) is 9.18 Å². The number of amides is 1. The van der Waals surface area contributed by atoms with Gasteiger partial charge in [-0.1, -0.05) is 5.92 Å². The summed E-state index contributed by atoms with van der Waals surface area (Å²) < 4.78 is 25.4. The highest BCUT2D eigenvalue weighted by Crippen LogP contribution is 2.30. The van der Waals surface area contributed by atoms with Crippen LogP contribution in [0.1, 0.15) is 24.0 Å². The van der Waals surface area contributed by atoms with Crippen molar-refractivity contribution in [2.75, 3.05) is 13.1 Å². The minimum Gasteiger partial charge on any atom is -0.473 e.